The SMILES string of the molecule is CC(Sc1cccc(Br)c1)C(=O)Nc1cccc(C#N)c1. The number of rotatable bonds is 4. The van der Waals surface area contributed by atoms with Crippen molar-refractivity contribution in [1.29, 1.82) is 5.26 Å². The molecular formula is C16H13BrN2OS. The van der Waals surface area contributed by atoms with Crippen molar-refractivity contribution in [3.8, 4) is 6.07 Å². The molecule has 3 nitrogen and oxygen atoms in total. The molecule has 0 spiro atoms. The minimum Gasteiger partial charge on any atom is -0.325 e. The summed E-state index contributed by atoms with van der Waals surface area (Å²) < 4.78 is 0.988. The molecule has 0 heterocycles. The molecule has 2 rings (SSSR count). The number of benzene rings is 2. The summed E-state index contributed by atoms with van der Waals surface area (Å²) in [6.45, 7) is 1.86. The minimum atomic E-state index is -0.231. The van der Waals surface area contributed by atoms with Crippen LogP contribution < -0.4 is 5.32 Å². The summed E-state index contributed by atoms with van der Waals surface area (Å²) in [5.41, 5.74) is 1.17. The topological polar surface area (TPSA) is 52.9 Å². The molecule has 0 aliphatic rings. The fourth-order valence-corrected chi connectivity index (χ4v) is 3.19. The summed E-state index contributed by atoms with van der Waals surface area (Å²) in [7, 11) is 0. The quantitative estimate of drug-likeness (QED) is 0.819. The lowest BCUT2D eigenvalue weighted by molar-refractivity contribution is -0.115. The van der Waals surface area contributed by atoms with E-state index in [1.54, 1.807) is 24.3 Å². The molecule has 0 bridgehead atoms. The number of halogens is 1. The first-order valence-corrected chi connectivity index (χ1v) is 7.99. The normalized spacial score (nSPS) is 11.5. The van der Waals surface area contributed by atoms with E-state index in [0.29, 0.717) is 11.3 Å². The highest BCUT2D eigenvalue weighted by molar-refractivity contribution is 9.10. The van der Waals surface area contributed by atoms with Gasteiger partial charge in [-0.2, -0.15) is 5.26 Å². The predicted molar refractivity (Wildman–Crippen MR) is 89.2 cm³/mol. The number of nitrogens with zero attached hydrogens (tertiary/aromatic N) is 1. The molecule has 106 valence electrons. The molecular weight excluding hydrogens is 348 g/mol. The first-order valence-electron chi connectivity index (χ1n) is 6.32. The van der Waals surface area contributed by atoms with Crippen LogP contribution >= 0.6 is 27.7 Å². The molecule has 2 aromatic rings. The number of carbonyl (C=O) groups excluding carboxylic acids is 1. The Balaban J connectivity index is 2.01. The van der Waals surface area contributed by atoms with Crippen LogP contribution in [-0.4, -0.2) is 11.2 Å². The van der Waals surface area contributed by atoms with Crippen LogP contribution in [0.15, 0.2) is 57.9 Å². The Kier molecular flexibility index (Phi) is 5.43. The molecule has 0 aromatic heterocycles. The first-order chi connectivity index (χ1) is 10.1. The zero-order valence-corrected chi connectivity index (χ0v) is 13.7. The van der Waals surface area contributed by atoms with Crippen molar-refractivity contribution < 1.29 is 4.79 Å². The molecule has 0 saturated carbocycles. The molecule has 1 N–H and O–H groups in total. The number of carbonyl (C=O) groups is 1. The fourth-order valence-electron chi connectivity index (χ4n) is 1.71. The van der Waals surface area contributed by atoms with Gasteiger partial charge in [-0.1, -0.05) is 28.1 Å². The first kappa shape index (κ1) is 15.6. The van der Waals surface area contributed by atoms with E-state index in [4.69, 9.17) is 5.26 Å². The maximum atomic E-state index is 12.2. The molecule has 1 atom stereocenters. The van der Waals surface area contributed by atoms with Gasteiger partial charge in [0, 0.05) is 15.1 Å². The molecule has 0 aliphatic carbocycles. The summed E-state index contributed by atoms with van der Waals surface area (Å²) in [6.07, 6.45) is 0. The van der Waals surface area contributed by atoms with Crippen molar-refractivity contribution in [2.24, 2.45) is 0 Å². The Morgan fingerprint density at radius 2 is 2.05 bits per heavy atom. The lowest BCUT2D eigenvalue weighted by atomic mass is 10.2. The van der Waals surface area contributed by atoms with Gasteiger partial charge in [0.15, 0.2) is 0 Å². The molecule has 0 radical (unpaired) electrons. The number of amides is 1. The highest BCUT2D eigenvalue weighted by Crippen LogP contribution is 2.26. The zero-order chi connectivity index (χ0) is 15.2. The Morgan fingerprint density at radius 1 is 1.29 bits per heavy atom. The predicted octanol–water partition coefficient (Wildman–Crippen LogP) is 4.44. The molecule has 1 amide bonds. The average Bonchev–Trinajstić information content (AvgIpc) is 2.47. The molecule has 0 fully saturated rings. The van der Waals surface area contributed by atoms with Gasteiger partial charge in [0.25, 0.3) is 0 Å². The molecule has 0 aliphatic heterocycles. The van der Waals surface area contributed by atoms with Crippen LogP contribution in [-0.2, 0) is 4.79 Å². The Hall–Kier alpha value is -1.77. The van der Waals surface area contributed by atoms with Crippen molar-refractivity contribution in [3.63, 3.8) is 0 Å². The van der Waals surface area contributed by atoms with Crippen LogP contribution in [0.3, 0.4) is 0 Å². The van der Waals surface area contributed by atoms with Gasteiger partial charge in [0.05, 0.1) is 16.9 Å². The third-order valence-electron chi connectivity index (χ3n) is 2.74. The lowest BCUT2D eigenvalue weighted by Gasteiger charge is -2.12. The molecule has 21 heavy (non-hydrogen) atoms. The second kappa shape index (κ2) is 7.30. The van der Waals surface area contributed by atoms with E-state index < -0.39 is 0 Å². The van der Waals surface area contributed by atoms with Gasteiger partial charge >= 0.3 is 0 Å². The standard InChI is InChI=1S/C16H13BrN2OS/c1-11(21-15-7-3-5-13(17)9-15)16(20)19-14-6-2-4-12(8-14)10-18/h2-9,11H,1H3,(H,19,20). The average molecular weight is 361 g/mol. The van der Waals surface area contributed by atoms with Gasteiger partial charge in [-0.25, -0.2) is 0 Å². The van der Waals surface area contributed by atoms with Crippen LogP contribution in [0.2, 0.25) is 0 Å². The van der Waals surface area contributed by atoms with Crippen molar-refractivity contribution in [2.75, 3.05) is 5.32 Å². The Bertz CT molecular complexity index is 697. The van der Waals surface area contributed by atoms with Gasteiger partial charge in [-0.3, -0.25) is 4.79 Å². The maximum Gasteiger partial charge on any atom is 0.237 e. The van der Waals surface area contributed by atoms with E-state index in [2.05, 4.69) is 27.3 Å². The summed E-state index contributed by atoms with van der Waals surface area (Å²) in [6, 6.07) is 16.8. The van der Waals surface area contributed by atoms with Gasteiger partial charge in [0.2, 0.25) is 5.91 Å². The van der Waals surface area contributed by atoms with E-state index >= 15 is 0 Å². The molecule has 2 aromatic carbocycles. The number of anilines is 1. The largest absolute Gasteiger partial charge is 0.325 e. The monoisotopic (exact) mass is 360 g/mol. The lowest BCUT2D eigenvalue weighted by Crippen LogP contribution is -2.22. The van der Waals surface area contributed by atoms with E-state index in [1.165, 1.54) is 11.8 Å². The third-order valence-corrected chi connectivity index (χ3v) is 4.32. The second-order valence-corrected chi connectivity index (χ2v) is 6.73. The van der Waals surface area contributed by atoms with Crippen molar-refractivity contribution >= 4 is 39.3 Å². The smallest absolute Gasteiger partial charge is 0.237 e. The highest BCUT2D eigenvalue weighted by Gasteiger charge is 2.14. The van der Waals surface area contributed by atoms with Gasteiger partial charge in [-0.15, -0.1) is 11.8 Å². The van der Waals surface area contributed by atoms with E-state index in [-0.39, 0.29) is 11.2 Å². The van der Waals surface area contributed by atoms with Crippen molar-refractivity contribution in [3.05, 3.63) is 58.6 Å². The van der Waals surface area contributed by atoms with E-state index in [1.807, 2.05) is 31.2 Å². The minimum absolute atomic E-state index is 0.0879. The molecule has 0 saturated heterocycles. The van der Waals surface area contributed by atoms with Crippen LogP contribution in [0.1, 0.15) is 12.5 Å². The number of hydrogen-bond donors (Lipinski definition) is 1. The maximum absolute atomic E-state index is 12.2. The Labute approximate surface area is 136 Å². The van der Waals surface area contributed by atoms with Crippen LogP contribution in [0.4, 0.5) is 5.69 Å². The van der Waals surface area contributed by atoms with Crippen LogP contribution in [0.5, 0.6) is 0 Å². The highest BCUT2D eigenvalue weighted by atomic mass is 79.9. The van der Waals surface area contributed by atoms with Gasteiger partial charge < -0.3 is 5.32 Å². The van der Waals surface area contributed by atoms with Crippen LogP contribution in [0.25, 0.3) is 0 Å². The third kappa shape index (κ3) is 4.62. The summed E-state index contributed by atoms with van der Waals surface area (Å²) in [4.78, 5) is 13.2. The van der Waals surface area contributed by atoms with Crippen LogP contribution in [0, 0.1) is 11.3 Å². The summed E-state index contributed by atoms with van der Waals surface area (Å²) in [5.74, 6) is -0.0879. The van der Waals surface area contributed by atoms with Gasteiger partial charge in [-0.05, 0) is 43.3 Å². The van der Waals surface area contributed by atoms with E-state index in [9.17, 15) is 4.79 Å². The number of hydrogen-bond acceptors (Lipinski definition) is 3. The number of nitrogens with one attached hydrogen (secondary N) is 1. The Morgan fingerprint density at radius 3 is 2.76 bits per heavy atom. The fraction of sp³-hybridized carbons (Fsp3) is 0.125. The zero-order valence-electron chi connectivity index (χ0n) is 11.3. The summed E-state index contributed by atoms with van der Waals surface area (Å²) in [5, 5.41) is 11.5. The van der Waals surface area contributed by atoms with Gasteiger partial charge in [0.1, 0.15) is 0 Å². The van der Waals surface area contributed by atoms with Crippen molar-refractivity contribution in [2.45, 2.75) is 17.1 Å². The molecule has 1 unspecified atom stereocenters. The van der Waals surface area contributed by atoms with Crippen molar-refractivity contribution in [1.82, 2.24) is 0 Å². The number of nitriles is 1. The molecule has 5 heteroatoms. The number of thioether (sulfide) groups is 1. The summed E-state index contributed by atoms with van der Waals surface area (Å²) >= 11 is 4.90. The van der Waals surface area contributed by atoms with E-state index in [0.717, 1.165) is 9.37 Å². The second-order valence-electron chi connectivity index (χ2n) is 4.40.